The van der Waals surface area contributed by atoms with Crippen molar-refractivity contribution in [2.75, 3.05) is 11.9 Å². The third kappa shape index (κ3) is 3.35. The Labute approximate surface area is 193 Å². The van der Waals surface area contributed by atoms with E-state index in [9.17, 15) is 25.2 Å². The van der Waals surface area contributed by atoms with Crippen molar-refractivity contribution in [3.8, 4) is 5.95 Å². The summed E-state index contributed by atoms with van der Waals surface area (Å²) in [6, 6.07) is 0.246. The number of carboxylic acid groups (broad SMARTS) is 1. The quantitative estimate of drug-likeness (QED) is 0.324. The molecule has 3 aliphatic rings. The molecule has 0 aromatic carbocycles. The molecule has 4 heterocycles. The number of nitrogens with zero attached hydrogens (tertiary/aromatic N) is 6. The molecule has 3 fully saturated rings. The van der Waals surface area contributed by atoms with Crippen LogP contribution < -0.4 is 5.32 Å². The van der Waals surface area contributed by atoms with Crippen molar-refractivity contribution >= 4 is 23.0 Å². The van der Waals surface area contributed by atoms with E-state index in [1.54, 1.807) is 0 Å². The molecule has 2 bridgehead atoms. The van der Waals surface area contributed by atoms with E-state index in [2.05, 4.69) is 25.4 Å². The van der Waals surface area contributed by atoms with Gasteiger partial charge in [-0.3, -0.25) is 4.57 Å². The Kier molecular flexibility index (Phi) is 5.02. The Balaban J connectivity index is 1.44. The molecule has 13 heteroatoms. The van der Waals surface area contributed by atoms with Crippen LogP contribution in [0, 0.1) is 11.8 Å². The minimum atomic E-state index is -1.31. The van der Waals surface area contributed by atoms with E-state index in [1.165, 1.54) is 47.2 Å². The van der Waals surface area contributed by atoms with Crippen molar-refractivity contribution in [2.24, 2.45) is 11.8 Å². The van der Waals surface area contributed by atoms with Crippen LogP contribution in [-0.4, -0.2) is 86.7 Å². The fraction of sp³-hybridized carbons (Fsp3) is 0.571. The summed E-state index contributed by atoms with van der Waals surface area (Å²) in [5, 5.41) is 47.1. The number of carboxylic acids is 1. The molecular formula is C21H25N7O6. The number of nitrogens with one attached hydrogen (secondary N) is 1. The predicted molar refractivity (Wildman–Crippen MR) is 115 cm³/mol. The smallest absolute Gasteiger partial charge is 0.338 e. The molecule has 0 radical (unpaired) electrons. The summed E-state index contributed by atoms with van der Waals surface area (Å²) in [5.74, 6) is 0.753. The van der Waals surface area contributed by atoms with Gasteiger partial charge in [-0.15, -0.1) is 0 Å². The van der Waals surface area contributed by atoms with Crippen LogP contribution in [-0.2, 0) is 4.74 Å². The molecule has 2 aliphatic carbocycles. The first kappa shape index (κ1) is 21.4. The van der Waals surface area contributed by atoms with Crippen LogP contribution in [0.5, 0.6) is 0 Å². The lowest BCUT2D eigenvalue weighted by atomic mass is 9.95. The molecule has 7 atom stereocenters. The topological polar surface area (TPSA) is 181 Å². The summed E-state index contributed by atoms with van der Waals surface area (Å²) in [6.07, 6.45) is 4.07. The van der Waals surface area contributed by atoms with Gasteiger partial charge < -0.3 is 30.5 Å². The number of ether oxygens (including phenoxy) is 1. The van der Waals surface area contributed by atoms with Crippen molar-refractivity contribution in [3.05, 3.63) is 24.3 Å². The molecule has 2 saturated carbocycles. The van der Waals surface area contributed by atoms with Crippen molar-refractivity contribution in [3.63, 3.8) is 0 Å². The van der Waals surface area contributed by atoms with Gasteiger partial charge >= 0.3 is 5.97 Å². The largest absolute Gasteiger partial charge is 0.478 e. The second kappa shape index (κ2) is 7.98. The van der Waals surface area contributed by atoms with Gasteiger partial charge in [-0.25, -0.2) is 14.5 Å². The molecule has 1 aliphatic heterocycles. The van der Waals surface area contributed by atoms with E-state index in [1.807, 2.05) is 0 Å². The summed E-state index contributed by atoms with van der Waals surface area (Å²) >= 11 is 0. The molecule has 180 valence electrons. The number of imidazole rings is 1. The van der Waals surface area contributed by atoms with E-state index in [0.717, 1.165) is 6.42 Å². The number of hydrogen-bond acceptors (Lipinski definition) is 10. The summed E-state index contributed by atoms with van der Waals surface area (Å²) in [4.78, 5) is 24.9. The average Bonchev–Trinajstić information content (AvgIpc) is 3.64. The van der Waals surface area contributed by atoms with Gasteiger partial charge in [-0.2, -0.15) is 15.1 Å². The lowest BCUT2D eigenvalue weighted by molar-refractivity contribution is -0.0511. The van der Waals surface area contributed by atoms with Gasteiger partial charge in [0.15, 0.2) is 23.2 Å². The molecule has 3 aromatic heterocycles. The van der Waals surface area contributed by atoms with Crippen LogP contribution in [0.3, 0.4) is 0 Å². The minimum Gasteiger partial charge on any atom is -0.478 e. The van der Waals surface area contributed by atoms with Gasteiger partial charge in [-0.05, 0) is 31.1 Å². The van der Waals surface area contributed by atoms with Crippen LogP contribution >= 0.6 is 0 Å². The SMILES string of the molecule is O=C(O)c1cnn(-c2nc(NC3CC4CCC3C4)c3ncn([C@@H]4O[C@H](CO)[C@@H](O)[C@H]4O)c3n2)c1. The Morgan fingerprint density at radius 3 is 2.71 bits per heavy atom. The van der Waals surface area contributed by atoms with E-state index >= 15 is 0 Å². The average molecular weight is 471 g/mol. The zero-order valence-corrected chi connectivity index (χ0v) is 18.1. The van der Waals surface area contributed by atoms with Crippen LogP contribution in [0.15, 0.2) is 18.7 Å². The second-order valence-corrected chi connectivity index (χ2v) is 9.33. The van der Waals surface area contributed by atoms with Gasteiger partial charge in [0.05, 0.1) is 24.7 Å². The van der Waals surface area contributed by atoms with E-state index in [0.29, 0.717) is 28.8 Å². The number of aliphatic hydroxyl groups is 3. The molecule has 3 unspecified atom stereocenters. The summed E-state index contributed by atoms with van der Waals surface area (Å²) in [7, 11) is 0. The number of aromatic carboxylic acids is 1. The fourth-order valence-electron chi connectivity index (χ4n) is 5.54. The third-order valence-corrected chi connectivity index (χ3v) is 7.30. The summed E-state index contributed by atoms with van der Waals surface area (Å²) in [5.41, 5.74) is 0.760. The van der Waals surface area contributed by atoms with Crippen molar-refractivity contribution in [1.82, 2.24) is 29.3 Å². The monoisotopic (exact) mass is 471 g/mol. The first-order chi connectivity index (χ1) is 16.4. The van der Waals surface area contributed by atoms with E-state index < -0.39 is 37.1 Å². The van der Waals surface area contributed by atoms with Gasteiger partial charge in [0.1, 0.15) is 18.3 Å². The Morgan fingerprint density at radius 1 is 1.21 bits per heavy atom. The first-order valence-corrected chi connectivity index (χ1v) is 11.3. The standard InChI is InChI=1S/C21H25N7O6/c29-7-13-15(30)16(31)19(34-13)27-8-22-14-17(24-12-4-9-1-2-10(12)3-9)25-21(26-18(14)27)28-6-11(5-23-28)20(32)33/h5-6,8-10,12-13,15-16,19,29-31H,1-4,7H2,(H,32,33)(H,24,25,26)/t9?,10?,12?,13-,15-,16-,19-/m1/s1. The highest BCUT2D eigenvalue weighted by molar-refractivity contribution is 5.87. The fourth-order valence-corrected chi connectivity index (χ4v) is 5.54. The number of hydrogen-bond donors (Lipinski definition) is 5. The number of fused-ring (bicyclic) bond motifs is 3. The highest BCUT2D eigenvalue weighted by Crippen LogP contribution is 2.46. The van der Waals surface area contributed by atoms with E-state index in [4.69, 9.17) is 4.74 Å². The molecule has 6 rings (SSSR count). The highest BCUT2D eigenvalue weighted by Gasteiger charge is 2.44. The van der Waals surface area contributed by atoms with Crippen LogP contribution in [0.4, 0.5) is 5.82 Å². The third-order valence-electron chi connectivity index (χ3n) is 7.30. The molecular weight excluding hydrogens is 446 g/mol. The zero-order valence-electron chi connectivity index (χ0n) is 18.1. The molecule has 5 N–H and O–H groups in total. The maximum absolute atomic E-state index is 11.3. The molecule has 34 heavy (non-hydrogen) atoms. The summed E-state index contributed by atoms with van der Waals surface area (Å²) < 4.78 is 8.43. The molecule has 0 spiro atoms. The van der Waals surface area contributed by atoms with Gasteiger partial charge in [0.25, 0.3) is 5.95 Å². The zero-order chi connectivity index (χ0) is 23.6. The normalized spacial score (nSPS) is 32.6. The number of carbonyl (C=O) groups is 1. The second-order valence-electron chi connectivity index (χ2n) is 9.33. The van der Waals surface area contributed by atoms with Crippen molar-refractivity contribution in [1.29, 1.82) is 0 Å². The molecule has 3 aromatic rings. The lowest BCUT2D eigenvalue weighted by Gasteiger charge is -2.23. The van der Waals surface area contributed by atoms with Gasteiger partial charge in [-0.1, -0.05) is 6.42 Å². The van der Waals surface area contributed by atoms with Crippen LogP contribution in [0.1, 0.15) is 42.3 Å². The Bertz CT molecular complexity index is 1240. The Morgan fingerprint density at radius 2 is 2.06 bits per heavy atom. The first-order valence-electron chi connectivity index (χ1n) is 11.3. The van der Waals surface area contributed by atoms with E-state index in [-0.39, 0.29) is 17.6 Å². The van der Waals surface area contributed by atoms with Crippen LogP contribution in [0.25, 0.3) is 17.1 Å². The van der Waals surface area contributed by atoms with Crippen LogP contribution in [0.2, 0.25) is 0 Å². The molecule has 13 nitrogen and oxygen atoms in total. The number of anilines is 1. The van der Waals surface area contributed by atoms with Gasteiger partial charge in [0, 0.05) is 12.2 Å². The van der Waals surface area contributed by atoms with Crippen molar-refractivity contribution in [2.45, 2.75) is 56.3 Å². The Hall–Kier alpha value is -3.13. The number of aliphatic hydroxyl groups excluding tert-OH is 3. The molecule has 1 saturated heterocycles. The number of aromatic nitrogens is 6. The number of rotatable bonds is 6. The minimum absolute atomic E-state index is 0.0109. The predicted octanol–water partition coefficient (Wildman–Crippen LogP) is -0.0778. The van der Waals surface area contributed by atoms with Gasteiger partial charge in [0.2, 0.25) is 0 Å². The molecule has 0 amide bonds. The van der Waals surface area contributed by atoms with Crippen molar-refractivity contribution < 1.29 is 30.0 Å². The lowest BCUT2D eigenvalue weighted by Crippen LogP contribution is -2.33. The maximum atomic E-state index is 11.3. The maximum Gasteiger partial charge on any atom is 0.338 e. The summed E-state index contributed by atoms with van der Waals surface area (Å²) in [6.45, 7) is -0.454. The highest BCUT2D eigenvalue weighted by atomic mass is 16.6.